The van der Waals surface area contributed by atoms with Gasteiger partial charge in [-0.2, -0.15) is 5.10 Å². The number of aryl methyl sites for hydroxylation is 3. The monoisotopic (exact) mass is 503 g/mol. The highest BCUT2D eigenvalue weighted by Crippen LogP contribution is 2.36. The molecule has 0 bridgehead atoms. The first-order valence-electron chi connectivity index (χ1n) is 12.1. The van der Waals surface area contributed by atoms with Gasteiger partial charge in [0, 0.05) is 23.9 Å². The van der Waals surface area contributed by atoms with Crippen molar-refractivity contribution >= 4 is 34.4 Å². The number of rotatable bonds is 3. The van der Waals surface area contributed by atoms with E-state index >= 15 is 0 Å². The van der Waals surface area contributed by atoms with Crippen LogP contribution in [0.4, 0.5) is 10.1 Å². The van der Waals surface area contributed by atoms with Gasteiger partial charge in [-0.3, -0.25) is 14.2 Å². The molecule has 36 heavy (non-hydrogen) atoms. The Morgan fingerprint density at radius 1 is 1.17 bits per heavy atom. The number of thioether (sulfide) groups is 1. The van der Waals surface area contributed by atoms with Gasteiger partial charge >= 0.3 is 0 Å². The number of carbonyl (C=O) groups is 1. The standard InChI is InChI=1S/C27H26FN5O2S/c1-15-4-8-20(10-16(15)2)33-25-22(13-29-33)26(35)32-21(14-36-27(32)30-25)12-24(34)31-17(3)5-6-18-11-19(28)7-9-23(18)31/h4,7-11,13,17,21H,5-6,12,14H2,1-3H3. The molecule has 7 nitrogen and oxygen atoms in total. The molecular formula is C27H26FN5O2S. The molecule has 0 fully saturated rings. The molecule has 0 radical (unpaired) electrons. The number of hydrogen-bond acceptors (Lipinski definition) is 5. The molecule has 0 N–H and O–H groups in total. The van der Waals surface area contributed by atoms with Gasteiger partial charge in [-0.05, 0) is 80.6 Å². The van der Waals surface area contributed by atoms with Crippen molar-refractivity contribution in [2.75, 3.05) is 10.7 Å². The van der Waals surface area contributed by atoms with Crippen LogP contribution in [0.15, 0.2) is 52.5 Å². The Hall–Kier alpha value is -3.46. The Bertz CT molecular complexity index is 1590. The summed E-state index contributed by atoms with van der Waals surface area (Å²) in [5.74, 6) is 0.238. The first-order valence-corrected chi connectivity index (χ1v) is 13.1. The molecule has 2 unspecified atom stereocenters. The summed E-state index contributed by atoms with van der Waals surface area (Å²) < 4.78 is 17.1. The predicted octanol–water partition coefficient (Wildman–Crippen LogP) is 4.74. The van der Waals surface area contributed by atoms with E-state index in [0.717, 1.165) is 35.3 Å². The van der Waals surface area contributed by atoms with Gasteiger partial charge in [0.1, 0.15) is 11.2 Å². The molecule has 1 amide bonds. The highest BCUT2D eigenvalue weighted by Gasteiger charge is 2.34. The Morgan fingerprint density at radius 2 is 2.00 bits per heavy atom. The minimum Gasteiger partial charge on any atom is -0.309 e. The summed E-state index contributed by atoms with van der Waals surface area (Å²) in [7, 11) is 0. The fraction of sp³-hybridized carbons (Fsp3) is 0.333. The second kappa shape index (κ2) is 8.58. The second-order valence-electron chi connectivity index (χ2n) is 9.73. The first-order chi connectivity index (χ1) is 17.3. The van der Waals surface area contributed by atoms with Crippen molar-refractivity contribution in [1.82, 2.24) is 19.3 Å². The summed E-state index contributed by atoms with van der Waals surface area (Å²) in [6.45, 7) is 6.11. The van der Waals surface area contributed by atoms with Gasteiger partial charge in [0.25, 0.3) is 5.56 Å². The third kappa shape index (κ3) is 3.64. The molecule has 0 saturated heterocycles. The molecule has 6 rings (SSSR count). The summed E-state index contributed by atoms with van der Waals surface area (Å²) in [6, 6.07) is 10.3. The number of hydrogen-bond donors (Lipinski definition) is 0. The maximum absolute atomic E-state index is 13.8. The van der Waals surface area contributed by atoms with Crippen LogP contribution in [0.1, 0.15) is 42.5 Å². The minimum absolute atomic E-state index is 0.0116. The van der Waals surface area contributed by atoms with E-state index in [1.807, 2.05) is 32.0 Å². The van der Waals surface area contributed by atoms with Gasteiger partial charge in [0.15, 0.2) is 10.8 Å². The lowest BCUT2D eigenvalue weighted by Crippen LogP contribution is -2.43. The normalized spacial score (nSPS) is 18.9. The number of amides is 1. The van der Waals surface area contributed by atoms with Gasteiger partial charge in [-0.1, -0.05) is 17.8 Å². The second-order valence-corrected chi connectivity index (χ2v) is 10.7. The average Bonchev–Trinajstić information content (AvgIpc) is 3.46. The van der Waals surface area contributed by atoms with Gasteiger partial charge < -0.3 is 4.90 Å². The molecule has 4 heterocycles. The molecule has 0 saturated carbocycles. The summed E-state index contributed by atoms with van der Waals surface area (Å²) in [5.41, 5.74) is 5.13. The Labute approximate surface area is 211 Å². The lowest BCUT2D eigenvalue weighted by molar-refractivity contribution is -0.119. The molecule has 2 aliphatic rings. The van der Waals surface area contributed by atoms with Gasteiger partial charge in [-0.25, -0.2) is 14.1 Å². The Kier molecular flexibility index (Phi) is 5.48. The fourth-order valence-corrected chi connectivity index (χ4v) is 6.36. The van der Waals surface area contributed by atoms with Crippen molar-refractivity contribution in [3.8, 4) is 5.69 Å². The molecule has 4 aromatic rings. The number of aromatic nitrogens is 4. The fourth-order valence-electron chi connectivity index (χ4n) is 5.23. The molecule has 2 atom stereocenters. The van der Waals surface area contributed by atoms with Crippen LogP contribution in [0.2, 0.25) is 0 Å². The van der Waals surface area contributed by atoms with Crippen LogP contribution in [0.5, 0.6) is 0 Å². The number of benzene rings is 2. The molecule has 0 spiro atoms. The van der Waals surface area contributed by atoms with Crippen LogP contribution in [0.25, 0.3) is 16.7 Å². The van der Waals surface area contributed by atoms with Crippen LogP contribution in [-0.4, -0.2) is 37.0 Å². The quantitative estimate of drug-likeness (QED) is 0.378. The minimum atomic E-state index is -0.301. The van der Waals surface area contributed by atoms with Gasteiger partial charge in [0.2, 0.25) is 5.91 Å². The van der Waals surface area contributed by atoms with Crippen LogP contribution in [-0.2, 0) is 11.2 Å². The van der Waals surface area contributed by atoms with Crippen molar-refractivity contribution in [2.24, 2.45) is 0 Å². The SMILES string of the molecule is Cc1ccc(-n2ncc3c(=O)n4c(nc32)SCC4CC(=O)N2c3ccc(F)cc3CCC2C)cc1C. The summed E-state index contributed by atoms with van der Waals surface area (Å²) >= 11 is 1.49. The molecule has 9 heteroatoms. The number of fused-ring (bicyclic) bond motifs is 3. The van der Waals surface area contributed by atoms with Gasteiger partial charge in [-0.15, -0.1) is 0 Å². The van der Waals surface area contributed by atoms with Crippen molar-refractivity contribution in [3.63, 3.8) is 0 Å². The number of halogens is 1. The average molecular weight is 504 g/mol. The third-order valence-corrected chi connectivity index (χ3v) is 8.46. The number of nitrogens with zero attached hydrogens (tertiary/aromatic N) is 5. The lowest BCUT2D eigenvalue weighted by atomic mass is 9.95. The highest BCUT2D eigenvalue weighted by molar-refractivity contribution is 7.99. The van der Waals surface area contributed by atoms with E-state index < -0.39 is 0 Å². The van der Waals surface area contributed by atoms with Crippen LogP contribution >= 0.6 is 11.8 Å². The van der Waals surface area contributed by atoms with Crippen LogP contribution in [0, 0.1) is 19.7 Å². The van der Waals surface area contributed by atoms with E-state index in [2.05, 4.69) is 12.0 Å². The molecule has 0 aliphatic carbocycles. The largest absolute Gasteiger partial charge is 0.309 e. The summed E-state index contributed by atoms with van der Waals surface area (Å²) in [6.07, 6.45) is 3.26. The van der Waals surface area contributed by atoms with Crippen molar-refractivity contribution in [3.05, 3.63) is 75.5 Å². The van der Waals surface area contributed by atoms with E-state index in [1.165, 1.54) is 29.5 Å². The van der Waals surface area contributed by atoms with E-state index in [1.54, 1.807) is 26.4 Å². The van der Waals surface area contributed by atoms with Crippen LogP contribution < -0.4 is 10.5 Å². The topological polar surface area (TPSA) is 73.0 Å². The summed E-state index contributed by atoms with van der Waals surface area (Å²) in [5, 5.41) is 5.50. The highest BCUT2D eigenvalue weighted by atomic mass is 32.2. The summed E-state index contributed by atoms with van der Waals surface area (Å²) in [4.78, 5) is 33.6. The first kappa shape index (κ1) is 23.0. The molecule has 2 aliphatic heterocycles. The Morgan fingerprint density at radius 3 is 2.81 bits per heavy atom. The smallest absolute Gasteiger partial charge is 0.265 e. The zero-order valence-electron chi connectivity index (χ0n) is 20.4. The van der Waals surface area contributed by atoms with Crippen molar-refractivity contribution < 1.29 is 9.18 Å². The van der Waals surface area contributed by atoms with E-state index in [-0.39, 0.29) is 35.8 Å². The molecule has 2 aromatic carbocycles. The van der Waals surface area contributed by atoms with Gasteiger partial charge in [0.05, 0.1) is 17.9 Å². The van der Waals surface area contributed by atoms with E-state index in [4.69, 9.17) is 4.98 Å². The van der Waals surface area contributed by atoms with Crippen LogP contribution in [0.3, 0.4) is 0 Å². The maximum Gasteiger partial charge on any atom is 0.265 e. The Balaban J connectivity index is 1.34. The zero-order valence-corrected chi connectivity index (χ0v) is 21.2. The zero-order chi connectivity index (χ0) is 25.1. The van der Waals surface area contributed by atoms with E-state index in [9.17, 15) is 14.0 Å². The van der Waals surface area contributed by atoms with Crippen molar-refractivity contribution in [1.29, 1.82) is 0 Å². The number of carbonyl (C=O) groups excluding carboxylic acids is 1. The molecule has 184 valence electrons. The molecular weight excluding hydrogens is 477 g/mol. The predicted molar refractivity (Wildman–Crippen MR) is 139 cm³/mol. The van der Waals surface area contributed by atoms with Crippen molar-refractivity contribution in [2.45, 2.75) is 57.3 Å². The lowest BCUT2D eigenvalue weighted by Gasteiger charge is -2.36. The maximum atomic E-state index is 13.8. The number of anilines is 1. The molecule has 2 aromatic heterocycles. The third-order valence-electron chi connectivity index (χ3n) is 7.36. The van der Waals surface area contributed by atoms with E-state index in [0.29, 0.717) is 21.9 Å².